The number of pyridine rings is 1. The predicted octanol–water partition coefficient (Wildman–Crippen LogP) is 5.01. The largest absolute Gasteiger partial charge is 0.366 e. The summed E-state index contributed by atoms with van der Waals surface area (Å²) in [6, 6.07) is 13.9. The van der Waals surface area contributed by atoms with Crippen LogP contribution in [0.4, 0.5) is 11.8 Å². The van der Waals surface area contributed by atoms with Gasteiger partial charge in [0.2, 0.25) is 5.95 Å². The average Bonchev–Trinajstić information content (AvgIpc) is 2.68. The zero-order valence-electron chi connectivity index (χ0n) is 14.9. The molecule has 0 saturated heterocycles. The monoisotopic (exact) mass is 367 g/mol. The highest BCUT2D eigenvalue weighted by molar-refractivity contribution is 6.31. The first kappa shape index (κ1) is 18.1. The molecule has 3 rings (SSSR count). The normalized spacial score (nSPS) is 11.8. The summed E-state index contributed by atoms with van der Waals surface area (Å²) in [4.78, 5) is 13.4. The lowest BCUT2D eigenvalue weighted by Gasteiger charge is -2.15. The second-order valence-corrected chi connectivity index (χ2v) is 6.51. The minimum atomic E-state index is 0.288. The summed E-state index contributed by atoms with van der Waals surface area (Å²) < 4.78 is 0. The first-order valence-electron chi connectivity index (χ1n) is 8.69. The molecule has 2 aromatic heterocycles. The minimum absolute atomic E-state index is 0.288. The fourth-order valence-corrected chi connectivity index (χ4v) is 2.62. The van der Waals surface area contributed by atoms with Crippen LogP contribution in [0.5, 0.6) is 0 Å². The molecule has 134 valence electrons. The molecule has 0 unspecified atom stereocenters. The summed E-state index contributed by atoms with van der Waals surface area (Å²) in [5, 5.41) is 7.43. The Morgan fingerprint density at radius 1 is 1.12 bits per heavy atom. The summed E-state index contributed by atoms with van der Waals surface area (Å²) in [5.74, 6) is 1.34. The molecule has 3 aromatic rings. The summed E-state index contributed by atoms with van der Waals surface area (Å²) in [6.45, 7) is 4.82. The molecule has 0 aliphatic heterocycles. The van der Waals surface area contributed by atoms with Crippen LogP contribution in [-0.2, 0) is 6.54 Å². The minimum Gasteiger partial charge on any atom is -0.366 e. The molecule has 26 heavy (non-hydrogen) atoms. The van der Waals surface area contributed by atoms with Gasteiger partial charge in [-0.3, -0.25) is 4.98 Å². The Bertz CT molecular complexity index is 854. The van der Waals surface area contributed by atoms with Gasteiger partial charge in [0.05, 0.1) is 5.69 Å². The molecular weight excluding hydrogens is 346 g/mol. The molecular formula is C20H22ClN5. The van der Waals surface area contributed by atoms with Crippen LogP contribution in [0.15, 0.2) is 54.9 Å². The third kappa shape index (κ3) is 4.70. The van der Waals surface area contributed by atoms with Crippen molar-refractivity contribution in [3.05, 3.63) is 65.4 Å². The van der Waals surface area contributed by atoms with Gasteiger partial charge in [-0.05, 0) is 37.1 Å². The maximum Gasteiger partial charge on any atom is 0.225 e. The van der Waals surface area contributed by atoms with E-state index in [1.54, 1.807) is 12.4 Å². The van der Waals surface area contributed by atoms with Crippen molar-refractivity contribution in [2.45, 2.75) is 32.9 Å². The van der Waals surface area contributed by atoms with Crippen LogP contribution in [0.3, 0.4) is 0 Å². The zero-order chi connectivity index (χ0) is 18.4. The number of halogens is 1. The summed E-state index contributed by atoms with van der Waals surface area (Å²) >= 11 is 6.24. The van der Waals surface area contributed by atoms with Gasteiger partial charge in [-0.15, -0.1) is 0 Å². The van der Waals surface area contributed by atoms with E-state index in [0.717, 1.165) is 34.1 Å². The standard InChI is InChI=1S/C20H22ClN5/c1-3-14(2)24-20-25-18(16-8-6-10-22-12-16)11-19(26-20)23-13-15-7-4-5-9-17(15)21/h4-12,14H,3,13H2,1-2H3,(H2,23,24,25,26)/t14-/m1/s1. The summed E-state index contributed by atoms with van der Waals surface area (Å²) in [7, 11) is 0. The molecule has 2 N–H and O–H groups in total. The van der Waals surface area contributed by atoms with Crippen molar-refractivity contribution < 1.29 is 0 Å². The molecule has 0 amide bonds. The van der Waals surface area contributed by atoms with Crippen molar-refractivity contribution >= 4 is 23.4 Å². The molecule has 5 nitrogen and oxygen atoms in total. The van der Waals surface area contributed by atoms with Crippen LogP contribution in [0.25, 0.3) is 11.3 Å². The second kappa shape index (κ2) is 8.63. The molecule has 0 aliphatic carbocycles. The van der Waals surface area contributed by atoms with E-state index >= 15 is 0 Å². The zero-order valence-corrected chi connectivity index (χ0v) is 15.7. The fourth-order valence-electron chi connectivity index (χ4n) is 2.41. The highest BCUT2D eigenvalue weighted by Gasteiger charge is 2.09. The maximum atomic E-state index is 6.24. The molecule has 2 heterocycles. The van der Waals surface area contributed by atoms with Crippen molar-refractivity contribution in [1.29, 1.82) is 0 Å². The van der Waals surface area contributed by atoms with Crippen LogP contribution in [0.2, 0.25) is 5.02 Å². The van der Waals surface area contributed by atoms with Crippen molar-refractivity contribution in [1.82, 2.24) is 15.0 Å². The van der Waals surface area contributed by atoms with Gasteiger partial charge in [-0.25, -0.2) is 4.98 Å². The lowest BCUT2D eigenvalue weighted by atomic mass is 10.2. The predicted molar refractivity (Wildman–Crippen MR) is 107 cm³/mol. The highest BCUT2D eigenvalue weighted by atomic mass is 35.5. The van der Waals surface area contributed by atoms with E-state index in [-0.39, 0.29) is 6.04 Å². The number of nitrogens with one attached hydrogen (secondary N) is 2. The van der Waals surface area contributed by atoms with E-state index in [0.29, 0.717) is 12.5 Å². The van der Waals surface area contributed by atoms with Crippen molar-refractivity contribution in [3.63, 3.8) is 0 Å². The molecule has 0 fully saturated rings. The van der Waals surface area contributed by atoms with E-state index in [9.17, 15) is 0 Å². The summed E-state index contributed by atoms with van der Waals surface area (Å²) in [6.07, 6.45) is 4.54. The van der Waals surface area contributed by atoms with Gasteiger partial charge in [-0.1, -0.05) is 36.7 Å². The molecule has 0 spiro atoms. The molecule has 0 saturated carbocycles. The Morgan fingerprint density at radius 2 is 1.96 bits per heavy atom. The lowest BCUT2D eigenvalue weighted by Crippen LogP contribution is -2.16. The Kier molecular flexibility index (Phi) is 6.02. The van der Waals surface area contributed by atoms with E-state index in [1.807, 2.05) is 42.5 Å². The van der Waals surface area contributed by atoms with E-state index in [2.05, 4.69) is 39.4 Å². The van der Waals surface area contributed by atoms with Crippen LogP contribution < -0.4 is 10.6 Å². The quantitative estimate of drug-likeness (QED) is 0.614. The van der Waals surface area contributed by atoms with E-state index in [4.69, 9.17) is 11.6 Å². The molecule has 6 heteroatoms. The average molecular weight is 368 g/mol. The Morgan fingerprint density at radius 3 is 2.69 bits per heavy atom. The van der Waals surface area contributed by atoms with Crippen LogP contribution in [0, 0.1) is 0 Å². The van der Waals surface area contributed by atoms with Gasteiger partial charge in [-0.2, -0.15) is 4.98 Å². The van der Waals surface area contributed by atoms with Gasteiger partial charge < -0.3 is 10.6 Å². The second-order valence-electron chi connectivity index (χ2n) is 6.10. The van der Waals surface area contributed by atoms with Crippen LogP contribution >= 0.6 is 11.6 Å². The SMILES string of the molecule is CC[C@@H](C)Nc1nc(NCc2ccccc2Cl)cc(-c2cccnc2)n1. The van der Waals surface area contributed by atoms with E-state index in [1.165, 1.54) is 0 Å². The van der Waals surface area contributed by atoms with Gasteiger partial charge in [0.25, 0.3) is 0 Å². The number of benzene rings is 1. The lowest BCUT2D eigenvalue weighted by molar-refractivity contribution is 0.753. The number of aromatic nitrogens is 3. The topological polar surface area (TPSA) is 62.7 Å². The smallest absolute Gasteiger partial charge is 0.225 e. The van der Waals surface area contributed by atoms with E-state index < -0.39 is 0 Å². The number of hydrogen-bond acceptors (Lipinski definition) is 5. The van der Waals surface area contributed by atoms with Crippen LogP contribution in [-0.4, -0.2) is 21.0 Å². The third-order valence-corrected chi connectivity index (χ3v) is 4.46. The first-order chi connectivity index (χ1) is 12.7. The van der Waals surface area contributed by atoms with Gasteiger partial charge >= 0.3 is 0 Å². The van der Waals surface area contributed by atoms with Crippen molar-refractivity contribution in [2.75, 3.05) is 10.6 Å². The summed E-state index contributed by atoms with van der Waals surface area (Å²) in [5.41, 5.74) is 2.79. The van der Waals surface area contributed by atoms with Gasteiger partial charge in [0, 0.05) is 41.6 Å². The molecule has 0 aliphatic rings. The number of anilines is 2. The Labute approximate surface area is 158 Å². The molecule has 0 bridgehead atoms. The third-order valence-electron chi connectivity index (χ3n) is 4.09. The van der Waals surface area contributed by atoms with Crippen LogP contribution in [0.1, 0.15) is 25.8 Å². The Hall–Kier alpha value is -2.66. The Balaban J connectivity index is 1.88. The van der Waals surface area contributed by atoms with Gasteiger partial charge in [0.15, 0.2) is 0 Å². The fraction of sp³-hybridized carbons (Fsp3) is 0.250. The van der Waals surface area contributed by atoms with Crippen molar-refractivity contribution in [2.24, 2.45) is 0 Å². The number of hydrogen-bond donors (Lipinski definition) is 2. The highest BCUT2D eigenvalue weighted by Crippen LogP contribution is 2.22. The molecule has 1 atom stereocenters. The van der Waals surface area contributed by atoms with Gasteiger partial charge in [0.1, 0.15) is 5.82 Å². The molecule has 0 radical (unpaired) electrons. The number of rotatable bonds is 7. The first-order valence-corrected chi connectivity index (χ1v) is 9.06. The molecule has 1 aromatic carbocycles. The van der Waals surface area contributed by atoms with Crippen molar-refractivity contribution in [3.8, 4) is 11.3 Å². The number of nitrogens with zero attached hydrogens (tertiary/aromatic N) is 3. The maximum absolute atomic E-state index is 6.24.